The molecule has 0 amide bonds. The molecule has 1 unspecified atom stereocenters. The Morgan fingerprint density at radius 2 is 2.00 bits per heavy atom. The lowest BCUT2D eigenvalue weighted by Crippen LogP contribution is -2.15. The summed E-state index contributed by atoms with van der Waals surface area (Å²) in [7, 11) is 0. The van der Waals surface area contributed by atoms with E-state index in [2.05, 4.69) is 36.2 Å². The molecule has 3 rings (SSSR count). The van der Waals surface area contributed by atoms with Gasteiger partial charge in [0.05, 0.1) is 5.69 Å². The molecule has 0 radical (unpaired) electrons. The SMILES string of the molecule is CC(Cc1nc(C2CC2)n(N)c1N)c1ccccc1. The van der Waals surface area contributed by atoms with Crippen LogP contribution in [0.3, 0.4) is 0 Å². The molecule has 2 aromatic rings. The first-order valence-electron chi connectivity index (χ1n) is 6.83. The van der Waals surface area contributed by atoms with Crippen molar-refractivity contribution in [3.8, 4) is 0 Å². The first-order valence-corrected chi connectivity index (χ1v) is 6.83. The van der Waals surface area contributed by atoms with Gasteiger partial charge in [-0.05, 0) is 24.3 Å². The normalized spacial score (nSPS) is 16.5. The lowest BCUT2D eigenvalue weighted by Gasteiger charge is -2.10. The van der Waals surface area contributed by atoms with Gasteiger partial charge in [-0.1, -0.05) is 37.3 Å². The zero-order valence-corrected chi connectivity index (χ0v) is 11.2. The molecule has 1 atom stereocenters. The summed E-state index contributed by atoms with van der Waals surface area (Å²) in [4.78, 5) is 4.65. The molecule has 4 nitrogen and oxygen atoms in total. The second-order valence-corrected chi connectivity index (χ2v) is 5.46. The minimum atomic E-state index is 0.394. The minimum Gasteiger partial charge on any atom is -0.382 e. The highest BCUT2D eigenvalue weighted by Gasteiger charge is 2.30. The molecule has 1 aliphatic carbocycles. The van der Waals surface area contributed by atoms with Crippen LogP contribution in [0.4, 0.5) is 5.82 Å². The summed E-state index contributed by atoms with van der Waals surface area (Å²) < 4.78 is 1.57. The maximum absolute atomic E-state index is 6.07. The second kappa shape index (κ2) is 4.61. The van der Waals surface area contributed by atoms with Crippen molar-refractivity contribution in [1.29, 1.82) is 0 Å². The van der Waals surface area contributed by atoms with Crippen molar-refractivity contribution >= 4 is 5.82 Å². The predicted molar refractivity (Wildman–Crippen MR) is 77.3 cm³/mol. The molecule has 1 saturated carbocycles. The molecule has 100 valence electrons. The molecule has 1 aromatic carbocycles. The van der Waals surface area contributed by atoms with Crippen LogP contribution >= 0.6 is 0 Å². The number of anilines is 1. The van der Waals surface area contributed by atoms with Crippen LogP contribution < -0.4 is 11.6 Å². The average Bonchev–Trinajstić information content (AvgIpc) is 3.23. The van der Waals surface area contributed by atoms with Crippen LogP contribution in [0.2, 0.25) is 0 Å². The van der Waals surface area contributed by atoms with E-state index in [0.29, 0.717) is 17.7 Å². The van der Waals surface area contributed by atoms with Crippen molar-refractivity contribution in [2.75, 3.05) is 11.6 Å². The molecule has 4 N–H and O–H groups in total. The van der Waals surface area contributed by atoms with E-state index in [9.17, 15) is 0 Å². The quantitative estimate of drug-likeness (QED) is 0.825. The van der Waals surface area contributed by atoms with E-state index < -0.39 is 0 Å². The van der Waals surface area contributed by atoms with Gasteiger partial charge >= 0.3 is 0 Å². The fraction of sp³-hybridized carbons (Fsp3) is 0.400. The summed E-state index contributed by atoms with van der Waals surface area (Å²) in [6, 6.07) is 10.4. The van der Waals surface area contributed by atoms with Gasteiger partial charge in [0.15, 0.2) is 0 Å². The number of benzene rings is 1. The van der Waals surface area contributed by atoms with Crippen LogP contribution in [0.25, 0.3) is 0 Å². The Hall–Kier alpha value is -1.97. The summed E-state index contributed by atoms with van der Waals surface area (Å²) in [5.41, 5.74) is 8.31. The fourth-order valence-electron chi connectivity index (χ4n) is 2.48. The number of aromatic nitrogens is 2. The number of imidazole rings is 1. The van der Waals surface area contributed by atoms with E-state index >= 15 is 0 Å². The summed E-state index contributed by atoms with van der Waals surface area (Å²) in [6.45, 7) is 2.20. The number of nitrogen functional groups attached to an aromatic ring is 2. The molecule has 19 heavy (non-hydrogen) atoms. The van der Waals surface area contributed by atoms with Crippen LogP contribution in [0.5, 0.6) is 0 Å². The molecule has 0 spiro atoms. The van der Waals surface area contributed by atoms with Crippen molar-refractivity contribution in [2.24, 2.45) is 0 Å². The largest absolute Gasteiger partial charge is 0.382 e. The van der Waals surface area contributed by atoms with Gasteiger partial charge in [-0.15, -0.1) is 0 Å². The summed E-state index contributed by atoms with van der Waals surface area (Å²) in [5, 5.41) is 0. The molecule has 1 aromatic heterocycles. The third-order valence-electron chi connectivity index (χ3n) is 3.86. The predicted octanol–water partition coefficient (Wildman–Crippen LogP) is 2.40. The molecule has 1 aliphatic rings. The number of hydrogen-bond donors (Lipinski definition) is 2. The summed E-state index contributed by atoms with van der Waals surface area (Å²) in [6.07, 6.45) is 3.20. The van der Waals surface area contributed by atoms with Crippen molar-refractivity contribution in [3.05, 3.63) is 47.4 Å². The summed E-state index contributed by atoms with van der Waals surface area (Å²) in [5.74, 6) is 8.47. The highest BCUT2D eigenvalue weighted by molar-refractivity contribution is 5.41. The van der Waals surface area contributed by atoms with E-state index in [1.165, 1.54) is 18.4 Å². The lowest BCUT2D eigenvalue weighted by molar-refractivity contribution is 0.743. The van der Waals surface area contributed by atoms with Crippen LogP contribution in [0.15, 0.2) is 30.3 Å². The van der Waals surface area contributed by atoms with E-state index in [4.69, 9.17) is 11.6 Å². The van der Waals surface area contributed by atoms with Gasteiger partial charge in [0.25, 0.3) is 0 Å². The highest BCUT2D eigenvalue weighted by Crippen LogP contribution is 2.40. The Bertz CT molecular complexity index is 569. The Morgan fingerprint density at radius 1 is 1.32 bits per heavy atom. The first kappa shape index (κ1) is 12.1. The van der Waals surface area contributed by atoms with Crippen LogP contribution in [0, 0.1) is 0 Å². The monoisotopic (exact) mass is 256 g/mol. The van der Waals surface area contributed by atoms with Crippen molar-refractivity contribution in [2.45, 2.75) is 38.0 Å². The van der Waals surface area contributed by atoms with Crippen molar-refractivity contribution in [3.63, 3.8) is 0 Å². The van der Waals surface area contributed by atoms with Crippen molar-refractivity contribution < 1.29 is 0 Å². The van der Waals surface area contributed by atoms with Gasteiger partial charge in [-0.2, -0.15) is 0 Å². The average molecular weight is 256 g/mol. The van der Waals surface area contributed by atoms with Gasteiger partial charge in [-0.3, -0.25) is 0 Å². The molecule has 1 fully saturated rings. The Kier molecular flexibility index (Phi) is 2.93. The number of nitrogens with two attached hydrogens (primary N) is 2. The summed E-state index contributed by atoms with van der Waals surface area (Å²) >= 11 is 0. The number of hydrogen-bond acceptors (Lipinski definition) is 3. The third kappa shape index (κ3) is 2.30. The Morgan fingerprint density at radius 3 is 2.63 bits per heavy atom. The fourth-order valence-corrected chi connectivity index (χ4v) is 2.48. The lowest BCUT2D eigenvalue weighted by atomic mass is 9.96. The van der Waals surface area contributed by atoms with Crippen molar-refractivity contribution in [1.82, 2.24) is 9.66 Å². The van der Waals surface area contributed by atoms with Gasteiger partial charge < -0.3 is 11.6 Å². The smallest absolute Gasteiger partial charge is 0.146 e. The van der Waals surface area contributed by atoms with Gasteiger partial charge in [0, 0.05) is 12.3 Å². The first-order chi connectivity index (χ1) is 9.16. The minimum absolute atomic E-state index is 0.394. The van der Waals surface area contributed by atoms with Crippen LogP contribution in [-0.2, 0) is 6.42 Å². The van der Waals surface area contributed by atoms with Gasteiger partial charge in [0.2, 0.25) is 0 Å². The Balaban J connectivity index is 1.81. The molecule has 0 aliphatic heterocycles. The maximum atomic E-state index is 6.07. The standard InChI is InChI=1S/C15H20N4/c1-10(11-5-3-2-4-6-11)9-13-14(16)19(17)15(18-13)12-7-8-12/h2-6,10,12H,7-9,16-17H2,1H3. The number of rotatable bonds is 4. The van der Waals surface area contributed by atoms with Crippen LogP contribution in [0.1, 0.15) is 48.7 Å². The van der Waals surface area contributed by atoms with Gasteiger partial charge in [0.1, 0.15) is 11.6 Å². The molecule has 4 heteroatoms. The highest BCUT2D eigenvalue weighted by atomic mass is 15.4. The third-order valence-corrected chi connectivity index (χ3v) is 3.86. The zero-order valence-electron chi connectivity index (χ0n) is 11.2. The molecule has 1 heterocycles. The molecule has 0 bridgehead atoms. The zero-order chi connectivity index (χ0) is 13.4. The Labute approximate surface area is 113 Å². The van der Waals surface area contributed by atoms with Crippen LogP contribution in [-0.4, -0.2) is 9.66 Å². The number of nitrogens with zero attached hydrogens (tertiary/aromatic N) is 2. The molecular weight excluding hydrogens is 236 g/mol. The van der Waals surface area contributed by atoms with E-state index in [-0.39, 0.29) is 0 Å². The molecular formula is C15H20N4. The van der Waals surface area contributed by atoms with E-state index in [1.54, 1.807) is 4.68 Å². The van der Waals surface area contributed by atoms with E-state index in [0.717, 1.165) is 17.9 Å². The van der Waals surface area contributed by atoms with E-state index in [1.807, 2.05) is 6.07 Å². The maximum Gasteiger partial charge on any atom is 0.146 e. The molecule has 0 saturated heterocycles. The second-order valence-electron chi connectivity index (χ2n) is 5.46. The van der Waals surface area contributed by atoms with Gasteiger partial charge in [-0.25, -0.2) is 9.66 Å². The topological polar surface area (TPSA) is 69.9 Å².